The second-order valence-electron chi connectivity index (χ2n) is 5.51. The Morgan fingerprint density at radius 3 is 2.86 bits per heavy atom. The minimum absolute atomic E-state index is 0.143. The van der Waals surface area contributed by atoms with Gasteiger partial charge in [-0.15, -0.1) is 0 Å². The van der Waals surface area contributed by atoms with Crippen LogP contribution in [0.4, 0.5) is 0 Å². The van der Waals surface area contributed by atoms with Gasteiger partial charge in [-0.25, -0.2) is 0 Å². The van der Waals surface area contributed by atoms with E-state index in [1.807, 2.05) is 30.0 Å². The average molecular weight is 292 g/mol. The van der Waals surface area contributed by atoms with Crippen LogP contribution in [0.1, 0.15) is 25.3 Å². The summed E-state index contributed by atoms with van der Waals surface area (Å²) in [5, 5.41) is 12.4. The standard InChI is InChI=1S/C16H24N2O3/c1-3-18(11-16(19)20)14-8-13(9-14)17-10-12-5-4-6-15(7-12)21-2/h4-7,13-14,17H,3,8-11H2,1-2H3,(H,19,20). The van der Waals surface area contributed by atoms with Gasteiger partial charge in [0.2, 0.25) is 0 Å². The Morgan fingerprint density at radius 2 is 2.24 bits per heavy atom. The van der Waals surface area contributed by atoms with Crippen LogP contribution in [0.3, 0.4) is 0 Å². The molecular formula is C16H24N2O3. The molecule has 1 aliphatic carbocycles. The monoisotopic (exact) mass is 292 g/mol. The fourth-order valence-electron chi connectivity index (χ4n) is 2.77. The molecule has 0 radical (unpaired) electrons. The molecule has 0 bridgehead atoms. The summed E-state index contributed by atoms with van der Waals surface area (Å²) in [6, 6.07) is 8.91. The zero-order chi connectivity index (χ0) is 15.2. The Bertz CT molecular complexity index is 472. The summed E-state index contributed by atoms with van der Waals surface area (Å²) in [6.07, 6.45) is 2.04. The van der Waals surface area contributed by atoms with E-state index in [0.717, 1.165) is 31.7 Å². The van der Waals surface area contributed by atoms with Crippen LogP contribution in [-0.4, -0.2) is 48.3 Å². The summed E-state index contributed by atoms with van der Waals surface area (Å²) in [5.74, 6) is 0.129. The summed E-state index contributed by atoms with van der Waals surface area (Å²) < 4.78 is 5.21. The molecule has 116 valence electrons. The van der Waals surface area contributed by atoms with Crippen molar-refractivity contribution in [1.29, 1.82) is 0 Å². The van der Waals surface area contributed by atoms with Gasteiger partial charge in [-0.2, -0.15) is 0 Å². The van der Waals surface area contributed by atoms with Crippen LogP contribution in [0, 0.1) is 0 Å². The Morgan fingerprint density at radius 1 is 1.48 bits per heavy atom. The molecule has 1 aliphatic rings. The Hall–Kier alpha value is -1.59. The van der Waals surface area contributed by atoms with E-state index in [4.69, 9.17) is 9.84 Å². The zero-order valence-electron chi connectivity index (χ0n) is 12.7. The predicted molar refractivity (Wildman–Crippen MR) is 81.5 cm³/mol. The molecule has 0 spiro atoms. The number of hydrogen-bond acceptors (Lipinski definition) is 4. The number of nitrogens with zero attached hydrogens (tertiary/aromatic N) is 1. The lowest BCUT2D eigenvalue weighted by Crippen LogP contribution is -2.53. The zero-order valence-corrected chi connectivity index (χ0v) is 12.7. The first-order valence-corrected chi connectivity index (χ1v) is 7.44. The highest BCUT2D eigenvalue weighted by atomic mass is 16.5. The molecule has 5 heteroatoms. The van der Waals surface area contributed by atoms with Crippen LogP contribution < -0.4 is 10.1 Å². The molecule has 5 nitrogen and oxygen atoms in total. The molecule has 0 saturated heterocycles. The number of rotatable bonds is 8. The summed E-state index contributed by atoms with van der Waals surface area (Å²) in [5.41, 5.74) is 1.20. The molecule has 2 N–H and O–H groups in total. The first-order valence-electron chi connectivity index (χ1n) is 7.44. The van der Waals surface area contributed by atoms with E-state index in [9.17, 15) is 4.79 Å². The highest BCUT2D eigenvalue weighted by Crippen LogP contribution is 2.26. The van der Waals surface area contributed by atoms with Gasteiger partial charge in [-0.05, 0) is 37.1 Å². The summed E-state index contributed by atoms with van der Waals surface area (Å²) >= 11 is 0. The lowest BCUT2D eigenvalue weighted by atomic mass is 9.85. The molecule has 1 fully saturated rings. The molecule has 0 aromatic heterocycles. The largest absolute Gasteiger partial charge is 0.497 e. The fraction of sp³-hybridized carbons (Fsp3) is 0.562. The van der Waals surface area contributed by atoms with Crippen molar-refractivity contribution in [2.75, 3.05) is 20.2 Å². The molecule has 1 aromatic rings. The molecule has 0 aliphatic heterocycles. The van der Waals surface area contributed by atoms with Gasteiger partial charge in [0.25, 0.3) is 0 Å². The normalized spacial score (nSPS) is 21.1. The number of carbonyl (C=O) groups is 1. The topological polar surface area (TPSA) is 61.8 Å². The molecule has 1 saturated carbocycles. The van der Waals surface area contributed by atoms with Crippen molar-refractivity contribution in [3.05, 3.63) is 29.8 Å². The summed E-state index contributed by atoms with van der Waals surface area (Å²) in [7, 11) is 1.67. The lowest BCUT2D eigenvalue weighted by Gasteiger charge is -2.42. The van der Waals surface area contributed by atoms with E-state index in [1.54, 1.807) is 7.11 Å². The average Bonchev–Trinajstić information content (AvgIpc) is 2.44. The number of aliphatic carboxylic acids is 1. The van der Waals surface area contributed by atoms with Gasteiger partial charge < -0.3 is 15.2 Å². The van der Waals surface area contributed by atoms with Gasteiger partial charge in [0, 0.05) is 18.6 Å². The number of carboxylic acids is 1. The molecule has 1 aromatic carbocycles. The lowest BCUT2D eigenvalue weighted by molar-refractivity contribution is -0.139. The van der Waals surface area contributed by atoms with Crippen molar-refractivity contribution in [3.63, 3.8) is 0 Å². The number of ether oxygens (including phenoxy) is 1. The third kappa shape index (κ3) is 4.44. The maximum absolute atomic E-state index is 10.8. The van der Waals surface area contributed by atoms with E-state index >= 15 is 0 Å². The number of nitrogens with one attached hydrogen (secondary N) is 1. The van der Waals surface area contributed by atoms with Gasteiger partial charge in [-0.3, -0.25) is 9.69 Å². The minimum atomic E-state index is -0.746. The Balaban J connectivity index is 1.73. The second-order valence-corrected chi connectivity index (χ2v) is 5.51. The van der Waals surface area contributed by atoms with Gasteiger partial charge in [-0.1, -0.05) is 19.1 Å². The third-order valence-electron chi connectivity index (χ3n) is 4.10. The van der Waals surface area contributed by atoms with Crippen LogP contribution >= 0.6 is 0 Å². The molecule has 0 heterocycles. The van der Waals surface area contributed by atoms with Crippen molar-refractivity contribution < 1.29 is 14.6 Å². The molecule has 21 heavy (non-hydrogen) atoms. The van der Waals surface area contributed by atoms with Gasteiger partial charge in [0.1, 0.15) is 5.75 Å². The van der Waals surface area contributed by atoms with Crippen LogP contribution in [0.25, 0.3) is 0 Å². The number of benzene rings is 1. The van der Waals surface area contributed by atoms with Crippen molar-refractivity contribution in [1.82, 2.24) is 10.2 Å². The molecule has 0 unspecified atom stereocenters. The number of hydrogen-bond donors (Lipinski definition) is 2. The van der Waals surface area contributed by atoms with Crippen molar-refractivity contribution in [2.24, 2.45) is 0 Å². The number of likely N-dealkylation sites (N-methyl/N-ethyl adjacent to an activating group) is 1. The van der Waals surface area contributed by atoms with E-state index in [2.05, 4.69) is 11.4 Å². The van der Waals surface area contributed by atoms with Crippen LogP contribution in [-0.2, 0) is 11.3 Å². The van der Waals surface area contributed by atoms with Crippen molar-refractivity contribution in [3.8, 4) is 5.75 Å². The van der Waals surface area contributed by atoms with Gasteiger partial charge >= 0.3 is 5.97 Å². The molecule has 2 rings (SSSR count). The van der Waals surface area contributed by atoms with Crippen LogP contribution in [0.5, 0.6) is 5.75 Å². The first-order chi connectivity index (χ1) is 10.1. The maximum atomic E-state index is 10.8. The van der Waals surface area contributed by atoms with Crippen molar-refractivity contribution >= 4 is 5.97 Å². The summed E-state index contributed by atoms with van der Waals surface area (Å²) in [6.45, 7) is 3.77. The molecular weight excluding hydrogens is 268 g/mol. The molecule has 0 amide bonds. The fourth-order valence-corrected chi connectivity index (χ4v) is 2.77. The second kappa shape index (κ2) is 7.43. The first kappa shape index (κ1) is 15.8. The minimum Gasteiger partial charge on any atom is -0.497 e. The van der Waals surface area contributed by atoms with E-state index in [-0.39, 0.29) is 6.54 Å². The predicted octanol–water partition coefficient (Wildman–Crippen LogP) is 1.72. The quantitative estimate of drug-likeness (QED) is 0.764. The number of methoxy groups -OCH3 is 1. The highest BCUT2D eigenvalue weighted by molar-refractivity contribution is 5.69. The Labute approximate surface area is 125 Å². The van der Waals surface area contributed by atoms with Crippen LogP contribution in [0.2, 0.25) is 0 Å². The van der Waals surface area contributed by atoms with E-state index in [1.165, 1.54) is 5.56 Å². The maximum Gasteiger partial charge on any atom is 0.317 e. The number of carboxylic acid groups (broad SMARTS) is 1. The summed E-state index contributed by atoms with van der Waals surface area (Å²) in [4.78, 5) is 12.8. The Kier molecular flexibility index (Phi) is 5.59. The van der Waals surface area contributed by atoms with Gasteiger partial charge in [0.05, 0.1) is 13.7 Å². The van der Waals surface area contributed by atoms with Crippen LogP contribution in [0.15, 0.2) is 24.3 Å². The third-order valence-corrected chi connectivity index (χ3v) is 4.10. The highest BCUT2D eigenvalue weighted by Gasteiger charge is 2.33. The smallest absolute Gasteiger partial charge is 0.317 e. The van der Waals surface area contributed by atoms with E-state index < -0.39 is 5.97 Å². The van der Waals surface area contributed by atoms with Crippen molar-refractivity contribution in [2.45, 2.75) is 38.4 Å². The van der Waals surface area contributed by atoms with Gasteiger partial charge in [0.15, 0.2) is 0 Å². The SMILES string of the molecule is CCN(CC(=O)O)C1CC(NCc2cccc(OC)c2)C1. The van der Waals surface area contributed by atoms with E-state index in [0.29, 0.717) is 12.1 Å². The molecule has 0 atom stereocenters.